The van der Waals surface area contributed by atoms with Crippen LogP contribution in [0.15, 0.2) is 54.6 Å². The normalized spacial score (nSPS) is 10.1. The van der Waals surface area contributed by atoms with Crippen molar-refractivity contribution in [3.63, 3.8) is 0 Å². The predicted molar refractivity (Wildman–Crippen MR) is 60.2 cm³/mol. The maximum Gasteiger partial charge on any atom is 0.0721 e. The van der Waals surface area contributed by atoms with Crippen molar-refractivity contribution >= 4 is 0 Å². The Morgan fingerprint density at radius 2 is 1.40 bits per heavy atom. The average molecular weight is 197 g/mol. The largest absolute Gasteiger partial charge is 0.372 e. The minimum atomic E-state index is 0.656. The van der Waals surface area contributed by atoms with E-state index in [0.717, 1.165) is 0 Å². The van der Waals surface area contributed by atoms with Crippen molar-refractivity contribution in [2.45, 2.75) is 13.2 Å². The molecule has 0 aromatic heterocycles. The average Bonchev–Trinajstić information content (AvgIpc) is 2.32. The Hall–Kier alpha value is -1.60. The zero-order valence-corrected chi connectivity index (χ0v) is 8.52. The van der Waals surface area contributed by atoms with E-state index in [0.29, 0.717) is 13.2 Å². The molecule has 0 amide bonds. The summed E-state index contributed by atoms with van der Waals surface area (Å²) in [4.78, 5) is 0. The third-order valence-corrected chi connectivity index (χ3v) is 2.17. The molecule has 0 N–H and O–H groups in total. The lowest BCUT2D eigenvalue weighted by Crippen LogP contribution is -1.93. The summed E-state index contributed by atoms with van der Waals surface area (Å²) >= 11 is 0. The highest BCUT2D eigenvalue weighted by Gasteiger charge is 1.93. The Balaban J connectivity index is 1.81. The lowest BCUT2D eigenvalue weighted by atomic mass is 10.2. The first-order valence-electron chi connectivity index (χ1n) is 5.02. The molecule has 0 saturated carbocycles. The first kappa shape index (κ1) is 9.94. The van der Waals surface area contributed by atoms with Crippen LogP contribution in [-0.4, -0.2) is 0 Å². The monoisotopic (exact) mass is 197 g/mol. The van der Waals surface area contributed by atoms with Crippen LogP contribution in [0, 0.1) is 6.07 Å². The second kappa shape index (κ2) is 5.32. The minimum Gasteiger partial charge on any atom is -0.372 e. The van der Waals surface area contributed by atoms with Gasteiger partial charge in [-0.25, -0.2) is 0 Å². The molecule has 75 valence electrons. The summed E-state index contributed by atoms with van der Waals surface area (Å²) in [7, 11) is 0. The number of rotatable bonds is 4. The van der Waals surface area contributed by atoms with Crippen molar-refractivity contribution < 1.29 is 4.74 Å². The summed E-state index contributed by atoms with van der Waals surface area (Å²) < 4.78 is 5.59. The molecule has 0 aliphatic heterocycles. The molecule has 0 saturated heterocycles. The zero-order valence-electron chi connectivity index (χ0n) is 8.52. The molecular formula is C14H13O. The van der Waals surface area contributed by atoms with Crippen LogP contribution in [0.25, 0.3) is 0 Å². The third kappa shape index (κ3) is 3.22. The highest BCUT2D eigenvalue weighted by Crippen LogP contribution is 2.04. The van der Waals surface area contributed by atoms with Crippen LogP contribution in [0.4, 0.5) is 0 Å². The summed E-state index contributed by atoms with van der Waals surface area (Å²) in [5.74, 6) is 0. The molecule has 0 aliphatic rings. The van der Waals surface area contributed by atoms with Crippen LogP contribution < -0.4 is 0 Å². The number of hydrogen-bond donors (Lipinski definition) is 0. The molecule has 2 aromatic carbocycles. The molecule has 0 atom stereocenters. The van der Waals surface area contributed by atoms with Crippen LogP contribution >= 0.6 is 0 Å². The summed E-state index contributed by atoms with van der Waals surface area (Å²) in [5.41, 5.74) is 2.39. The molecule has 1 radical (unpaired) electrons. The van der Waals surface area contributed by atoms with Crippen LogP contribution in [0.5, 0.6) is 0 Å². The van der Waals surface area contributed by atoms with Crippen molar-refractivity contribution in [3.8, 4) is 0 Å². The van der Waals surface area contributed by atoms with Crippen molar-refractivity contribution in [1.29, 1.82) is 0 Å². The smallest absolute Gasteiger partial charge is 0.0721 e. The van der Waals surface area contributed by atoms with Gasteiger partial charge in [0.25, 0.3) is 0 Å². The van der Waals surface area contributed by atoms with Crippen molar-refractivity contribution in [2.75, 3.05) is 0 Å². The minimum absolute atomic E-state index is 0.656. The van der Waals surface area contributed by atoms with E-state index < -0.39 is 0 Å². The summed E-state index contributed by atoms with van der Waals surface area (Å²) in [6.45, 7) is 1.32. The Kier molecular flexibility index (Phi) is 3.53. The summed E-state index contributed by atoms with van der Waals surface area (Å²) in [5, 5.41) is 0. The van der Waals surface area contributed by atoms with Gasteiger partial charge in [-0.1, -0.05) is 54.6 Å². The molecule has 0 bridgehead atoms. The molecule has 2 rings (SSSR count). The highest BCUT2D eigenvalue weighted by molar-refractivity contribution is 5.14. The molecule has 2 aromatic rings. The summed E-state index contributed by atoms with van der Waals surface area (Å²) in [6.07, 6.45) is 0. The van der Waals surface area contributed by atoms with Gasteiger partial charge >= 0.3 is 0 Å². The lowest BCUT2D eigenvalue weighted by molar-refractivity contribution is 0.107. The van der Waals surface area contributed by atoms with Crippen molar-refractivity contribution in [1.82, 2.24) is 0 Å². The third-order valence-electron chi connectivity index (χ3n) is 2.17. The molecule has 0 heterocycles. The van der Waals surface area contributed by atoms with Gasteiger partial charge in [0.05, 0.1) is 13.2 Å². The van der Waals surface area contributed by atoms with E-state index in [1.807, 2.05) is 42.5 Å². The number of benzene rings is 2. The fourth-order valence-electron chi connectivity index (χ4n) is 1.38. The van der Waals surface area contributed by atoms with Gasteiger partial charge in [-0.15, -0.1) is 0 Å². The van der Waals surface area contributed by atoms with E-state index in [-0.39, 0.29) is 0 Å². The lowest BCUT2D eigenvalue weighted by Gasteiger charge is -2.03. The maximum atomic E-state index is 5.59. The molecule has 0 aliphatic carbocycles. The topological polar surface area (TPSA) is 9.23 Å². The second-order valence-electron chi connectivity index (χ2n) is 3.39. The van der Waals surface area contributed by atoms with E-state index in [4.69, 9.17) is 4.74 Å². The van der Waals surface area contributed by atoms with E-state index in [9.17, 15) is 0 Å². The molecule has 0 fully saturated rings. The van der Waals surface area contributed by atoms with Crippen LogP contribution in [0.3, 0.4) is 0 Å². The maximum absolute atomic E-state index is 5.59. The Bertz CT molecular complexity index is 341. The van der Waals surface area contributed by atoms with Gasteiger partial charge in [-0.3, -0.25) is 0 Å². The highest BCUT2D eigenvalue weighted by atomic mass is 16.5. The van der Waals surface area contributed by atoms with Crippen LogP contribution in [-0.2, 0) is 18.0 Å². The molecule has 0 unspecified atom stereocenters. The van der Waals surface area contributed by atoms with E-state index in [1.165, 1.54) is 11.1 Å². The quantitative estimate of drug-likeness (QED) is 0.731. The molecule has 0 spiro atoms. The second-order valence-corrected chi connectivity index (χ2v) is 3.39. The van der Waals surface area contributed by atoms with E-state index in [1.54, 1.807) is 0 Å². The Morgan fingerprint density at radius 1 is 0.800 bits per heavy atom. The Labute approximate surface area is 90.3 Å². The fraction of sp³-hybridized carbons (Fsp3) is 0.143. The molecule has 1 heteroatoms. The van der Waals surface area contributed by atoms with Gasteiger partial charge in [0.1, 0.15) is 0 Å². The fourth-order valence-corrected chi connectivity index (χ4v) is 1.38. The molecular weight excluding hydrogens is 184 g/mol. The standard InChI is InChI=1S/C14H13O/c1-3-7-13(8-4-1)11-15-12-14-9-5-2-6-10-14/h1,3-10H,11-12H2. The van der Waals surface area contributed by atoms with Crippen molar-refractivity contribution in [2.24, 2.45) is 0 Å². The number of hydrogen-bond acceptors (Lipinski definition) is 1. The van der Waals surface area contributed by atoms with E-state index >= 15 is 0 Å². The first-order valence-corrected chi connectivity index (χ1v) is 5.02. The summed E-state index contributed by atoms with van der Waals surface area (Å²) in [6, 6.07) is 21.0. The SMILES string of the molecule is [c]1ccc(COCc2ccccc2)cc1. The number of ether oxygens (including phenoxy) is 1. The van der Waals surface area contributed by atoms with Gasteiger partial charge in [0.2, 0.25) is 0 Å². The van der Waals surface area contributed by atoms with Gasteiger partial charge in [0.15, 0.2) is 0 Å². The zero-order chi connectivity index (χ0) is 10.3. The Morgan fingerprint density at radius 3 is 2.07 bits per heavy atom. The van der Waals surface area contributed by atoms with Gasteiger partial charge in [-0.2, -0.15) is 0 Å². The van der Waals surface area contributed by atoms with Gasteiger partial charge in [-0.05, 0) is 17.2 Å². The predicted octanol–water partition coefficient (Wildman–Crippen LogP) is 3.20. The van der Waals surface area contributed by atoms with Crippen LogP contribution in [0.1, 0.15) is 11.1 Å². The van der Waals surface area contributed by atoms with Gasteiger partial charge < -0.3 is 4.74 Å². The van der Waals surface area contributed by atoms with Crippen LogP contribution in [0.2, 0.25) is 0 Å². The first-order chi connectivity index (χ1) is 7.45. The van der Waals surface area contributed by atoms with E-state index in [2.05, 4.69) is 18.2 Å². The van der Waals surface area contributed by atoms with Gasteiger partial charge in [0, 0.05) is 0 Å². The molecule has 1 nitrogen and oxygen atoms in total. The van der Waals surface area contributed by atoms with Crippen molar-refractivity contribution in [3.05, 3.63) is 71.8 Å². The molecule has 15 heavy (non-hydrogen) atoms.